The van der Waals surface area contributed by atoms with Crippen LogP contribution in [0.3, 0.4) is 0 Å². The molecule has 0 amide bonds. The molecule has 476 valence electrons. The lowest BCUT2D eigenvalue weighted by Gasteiger charge is -2.45. The van der Waals surface area contributed by atoms with Gasteiger partial charge in [-0.25, -0.2) is 36.7 Å². The van der Waals surface area contributed by atoms with Crippen molar-refractivity contribution >= 4 is 66.6 Å². The summed E-state index contributed by atoms with van der Waals surface area (Å²) in [7, 11) is -7.33. The number of aliphatic hydroxyl groups is 2. The number of hydrogen-bond donors (Lipinski definition) is 6. The first-order chi connectivity index (χ1) is 42.1. The number of hydrogen-bond acceptors (Lipinski definition) is 14. The first-order valence-electron chi connectivity index (χ1n) is 31.0. The molecule has 12 rings (SSSR count). The number of anilines is 2. The molecule has 0 unspecified atom stereocenters. The number of carboxylic acid groups (broad SMARTS) is 2. The van der Waals surface area contributed by atoms with Crippen LogP contribution in [-0.4, -0.2) is 138 Å². The molecule has 0 bridgehead atoms. The first-order valence-corrected chi connectivity index (χ1v) is 35.0. The van der Waals surface area contributed by atoms with E-state index in [1.165, 1.54) is 22.3 Å². The Bertz CT molecular complexity index is 3290. The van der Waals surface area contributed by atoms with Crippen LogP contribution in [0.4, 0.5) is 11.4 Å². The zero-order valence-electron chi connectivity index (χ0n) is 49.5. The molecule has 2 saturated carbocycles. The number of carboxylic acids is 2. The van der Waals surface area contributed by atoms with Crippen molar-refractivity contribution in [1.82, 2.24) is 0 Å². The molecule has 4 heterocycles. The number of primary sulfonamides is 2. The fourth-order valence-corrected chi connectivity index (χ4v) is 18.2. The zero-order valence-corrected chi connectivity index (χ0v) is 52.6. The van der Waals surface area contributed by atoms with Crippen LogP contribution in [0, 0.1) is 35.5 Å². The van der Waals surface area contributed by atoms with Gasteiger partial charge in [-0.05, 0) is 196 Å². The van der Waals surface area contributed by atoms with E-state index in [9.17, 15) is 46.9 Å². The quantitative estimate of drug-likeness (QED) is 0.0571. The Kier molecular flexibility index (Phi) is 19.6. The van der Waals surface area contributed by atoms with Crippen LogP contribution in [0.25, 0.3) is 0 Å². The lowest BCUT2D eigenvalue weighted by Crippen LogP contribution is -2.49. The Balaban J connectivity index is 0.000000182. The Morgan fingerprint density at radius 1 is 0.591 bits per heavy atom. The van der Waals surface area contributed by atoms with E-state index in [1.807, 2.05) is 24.3 Å². The molecule has 18 nitrogen and oxygen atoms in total. The number of aliphatic hydroxyl groups excluding tert-OH is 2. The molecule has 4 aromatic carbocycles. The number of halogens is 2. The van der Waals surface area contributed by atoms with Crippen LogP contribution >= 0.6 is 23.2 Å². The zero-order chi connectivity index (χ0) is 62.1. The molecule has 0 aromatic heterocycles. The van der Waals surface area contributed by atoms with Crippen molar-refractivity contribution in [2.45, 2.75) is 123 Å². The summed E-state index contributed by atoms with van der Waals surface area (Å²) >= 11 is 12.7. The number of nitrogens with two attached hydrogens (primary N) is 2. The third kappa shape index (κ3) is 14.1. The third-order valence-corrected chi connectivity index (χ3v) is 23.9. The first kappa shape index (κ1) is 64.3. The van der Waals surface area contributed by atoms with Gasteiger partial charge in [0.25, 0.3) is 0 Å². The van der Waals surface area contributed by atoms with Gasteiger partial charge in [-0.2, -0.15) is 0 Å². The van der Waals surface area contributed by atoms with E-state index in [0.29, 0.717) is 103 Å². The van der Waals surface area contributed by atoms with E-state index < -0.39 is 54.7 Å². The van der Waals surface area contributed by atoms with Crippen LogP contribution in [0.2, 0.25) is 10.0 Å². The fraction of sp³-hybridized carbons (Fsp3) is 0.545. The van der Waals surface area contributed by atoms with Crippen molar-refractivity contribution in [3.05, 3.63) is 141 Å². The van der Waals surface area contributed by atoms with Crippen molar-refractivity contribution < 1.29 is 65.8 Å². The Hall–Kier alpha value is -5.26. The molecular weight excluding hydrogens is 1210 g/mol. The molecule has 4 fully saturated rings. The summed E-state index contributed by atoms with van der Waals surface area (Å²) in [5.74, 6) is -0.658. The number of fused-ring (bicyclic) bond motifs is 6. The lowest BCUT2D eigenvalue weighted by atomic mass is 9.68. The predicted octanol–water partition coefficient (Wildman–Crippen LogP) is 9.08. The number of sulfonamides is 2. The van der Waals surface area contributed by atoms with Crippen molar-refractivity contribution in [2.24, 2.45) is 45.8 Å². The number of nitrogens with zero attached hydrogens (tertiary/aromatic N) is 2. The number of carbonyl (C=O) groups is 2. The van der Waals surface area contributed by atoms with E-state index in [0.717, 1.165) is 85.6 Å². The van der Waals surface area contributed by atoms with E-state index in [-0.39, 0.29) is 57.5 Å². The second-order valence-corrected chi connectivity index (χ2v) is 30.4. The second-order valence-electron chi connectivity index (χ2n) is 26.0. The molecular formula is C66H82Cl2N4O14S2. The molecule has 22 heteroatoms. The topological polar surface area (TPSA) is 279 Å². The van der Waals surface area contributed by atoms with Gasteiger partial charge in [0.1, 0.15) is 11.5 Å². The monoisotopic (exact) mass is 1290 g/mol. The van der Waals surface area contributed by atoms with Crippen LogP contribution in [0.15, 0.2) is 97.1 Å². The molecule has 8 aliphatic rings. The lowest BCUT2D eigenvalue weighted by molar-refractivity contribution is 0.0445. The van der Waals surface area contributed by atoms with Crippen molar-refractivity contribution in [1.29, 1.82) is 0 Å². The Morgan fingerprint density at radius 2 is 1.01 bits per heavy atom. The summed E-state index contributed by atoms with van der Waals surface area (Å²) in [4.78, 5) is 28.4. The van der Waals surface area contributed by atoms with E-state index in [1.54, 1.807) is 48.6 Å². The van der Waals surface area contributed by atoms with Gasteiger partial charge in [0.15, 0.2) is 0 Å². The minimum atomic E-state index is -3.66. The molecule has 88 heavy (non-hydrogen) atoms. The van der Waals surface area contributed by atoms with Gasteiger partial charge in [-0.15, -0.1) is 0 Å². The van der Waals surface area contributed by atoms with Gasteiger partial charge in [0.2, 0.25) is 20.0 Å². The molecule has 2 spiro atoms. The second kappa shape index (κ2) is 26.9. The highest BCUT2D eigenvalue weighted by Gasteiger charge is 2.47. The van der Waals surface area contributed by atoms with Gasteiger partial charge >= 0.3 is 11.9 Å². The summed E-state index contributed by atoms with van der Waals surface area (Å²) in [6.45, 7) is 5.06. The minimum Gasteiger partial charge on any atom is -0.490 e. The maximum absolute atomic E-state index is 12.1. The fourth-order valence-electron chi connectivity index (χ4n) is 15.5. The highest BCUT2D eigenvalue weighted by molar-refractivity contribution is 7.90. The highest BCUT2D eigenvalue weighted by Crippen LogP contribution is 2.49. The van der Waals surface area contributed by atoms with E-state index in [2.05, 4.69) is 34.1 Å². The maximum atomic E-state index is 12.1. The number of aryl methyl sites for hydroxylation is 2. The van der Waals surface area contributed by atoms with Crippen molar-refractivity contribution in [3.8, 4) is 11.5 Å². The number of aromatic carboxylic acids is 2. The smallest absolute Gasteiger partial charge is 0.335 e. The molecule has 8 N–H and O–H groups in total. The van der Waals surface area contributed by atoms with Crippen molar-refractivity contribution in [3.63, 3.8) is 0 Å². The van der Waals surface area contributed by atoms with Gasteiger partial charge in [0.05, 0.1) is 71.6 Å². The van der Waals surface area contributed by atoms with Gasteiger partial charge in [-0.1, -0.05) is 59.6 Å². The van der Waals surface area contributed by atoms with Crippen LogP contribution in [0.1, 0.15) is 120 Å². The maximum Gasteiger partial charge on any atom is 0.335 e. The van der Waals surface area contributed by atoms with Gasteiger partial charge < -0.3 is 49.2 Å². The Morgan fingerprint density at radius 3 is 1.39 bits per heavy atom. The summed E-state index contributed by atoms with van der Waals surface area (Å²) in [6, 6.07) is 22.3. The molecule has 0 radical (unpaired) electrons. The predicted molar refractivity (Wildman–Crippen MR) is 338 cm³/mol. The number of benzene rings is 4. The third-order valence-electron chi connectivity index (χ3n) is 20.5. The number of ether oxygens (including phenoxy) is 4. The molecule has 12 atom stereocenters. The average Bonchev–Trinajstić information content (AvgIpc) is 1.89. The summed E-state index contributed by atoms with van der Waals surface area (Å²) < 4.78 is 72.1. The highest BCUT2D eigenvalue weighted by atomic mass is 35.5. The van der Waals surface area contributed by atoms with Gasteiger partial charge in [0, 0.05) is 72.1 Å². The largest absolute Gasteiger partial charge is 0.490 e. The minimum absolute atomic E-state index is 0.0339. The standard InChI is InChI=1S/2C33H41ClN2O7S/c2*34-25-8-10-27-21(15-25)4-2-13-33(27)19-36(28-16-22(32(38)39)7-11-30(28)43-20-33)17-23-6-9-26(23)29(37)5-1-3-24-18-42-14-12-31(24)44(35,40)41/h2*1,5,7-8,10-11,15-16,23-24,26,29,31,37H,2-4,6,9,12-14,17-20H2,(H,38,39)(H2,35,40,41)/b2*5-1+/t23-,24+,26+,29-,31+,33-;23-,24-,26+,29-,31-,33-/m00/s1. The molecule has 4 aromatic rings. The van der Waals surface area contributed by atoms with Gasteiger partial charge in [-0.3, -0.25) is 0 Å². The summed E-state index contributed by atoms with van der Waals surface area (Å²) in [5, 5.41) is 53.0. The van der Waals surface area contributed by atoms with Crippen LogP contribution < -0.4 is 29.6 Å². The van der Waals surface area contributed by atoms with Crippen LogP contribution in [-0.2, 0) is 53.2 Å². The average molecular weight is 1290 g/mol. The number of allylic oxidation sites excluding steroid dienone is 2. The van der Waals surface area contributed by atoms with Crippen LogP contribution in [0.5, 0.6) is 11.5 Å². The van der Waals surface area contributed by atoms with Crippen molar-refractivity contribution in [2.75, 3.05) is 75.6 Å². The van der Waals surface area contributed by atoms with E-state index in [4.69, 9.17) is 52.4 Å². The number of rotatable bonds is 16. The SMILES string of the molecule is NS(=O)(=O)[C@@H]1CCOC[C@H]1C/C=C/[C@H](O)[C@@H]1CC[C@H]1CN1C[C@@]2(CCCc3cc(Cl)ccc32)COc2ccc(C(=O)O)cc21.NS(=O)(=O)[C@H]1CCOC[C@@H]1C/C=C/[C@H](O)[C@@H]1CC[C@H]1CN1C[C@@]2(CCCc3cc(Cl)ccc32)COc2ccc(C(=O)O)cc21. The molecule has 2 saturated heterocycles. The molecule has 4 aliphatic carbocycles. The van der Waals surface area contributed by atoms with E-state index >= 15 is 0 Å². The summed E-state index contributed by atoms with van der Waals surface area (Å²) in [5.41, 5.74) is 6.35. The molecule has 4 aliphatic heterocycles. The summed E-state index contributed by atoms with van der Waals surface area (Å²) in [6.07, 6.45) is 17.1. The Labute approximate surface area is 526 Å². The normalized spacial score (nSPS) is 29.3.